The molecular weight excluding hydrogens is 228 g/mol. The van der Waals surface area contributed by atoms with Crippen LogP contribution in [0.15, 0.2) is 6.07 Å². The Hall–Kier alpha value is -1.23. The van der Waals surface area contributed by atoms with Gasteiger partial charge < -0.3 is 4.74 Å². The van der Waals surface area contributed by atoms with Gasteiger partial charge in [-0.05, 0) is 13.0 Å². The number of hydrogen-bond acceptors (Lipinski definition) is 3. The van der Waals surface area contributed by atoms with Crippen LogP contribution in [-0.2, 0) is 4.74 Å². The van der Waals surface area contributed by atoms with Gasteiger partial charge in [-0.15, -0.1) is 0 Å². The Morgan fingerprint density at radius 2 is 2.20 bits per heavy atom. The summed E-state index contributed by atoms with van der Waals surface area (Å²) in [4.78, 5) is 14.9. The molecule has 15 heavy (non-hydrogen) atoms. The second-order valence-corrected chi connectivity index (χ2v) is 3.17. The molecule has 0 aliphatic heterocycles. The third kappa shape index (κ3) is 2.41. The highest BCUT2D eigenvalue weighted by atomic mass is 35.5. The summed E-state index contributed by atoms with van der Waals surface area (Å²) in [5.74, 6) is -0.849. The van der Waals surface area contributed by atoms with E-state index < -0.39 is 18.0 Å². The highest BCUT2D eigenvalue weighted by Crippen LogP contribution is 2.29. The van der Waals surface area contributed by atoms with E-state index >= 15 is 0 Å². The van der Waals surface area contributed by atoms with Gasteiger partial charge in [0.25, 0.3) is 6.43 Å². The fourth-order valence-electron chi connectivity index (χ4n) is 1.13. The molecule has 0 aromatic carbocycles. The van der Waals surface area contributed by atoms with Crippen molar-refractivity contribution in [2.45, 2.75) is 13.3 Å². The van der Waals surface area contributed by atoms with Crippen molar-refractivity contribution in [3.8, 4) is 0 Å². The Kier molecular flexibility index (Phi) is 3.57. The lowest BCUT2D eigenvalue weighted by Crippen LogP contribution is -2.08. The maximum Gasteiger partial charge on any atom is 0.338 e. The molecule has 6 heteroatoms. The summed E-state index contributed by atoms with van der Waals surface area (Å²) in [6, 6.07) is 1.22. The van der Waals surface area contributed by atoms with Gasteiger partial charge in [-0.2, -0.15) is 0 Å². The van der Waals surface area contributed by atoms with Crippen LogP contribution >= 0.6 is 11.6 Å². The third-order valence-electron chi connectivity index (χ3n) is 1.76. The number of aromatic nitrogens is 1. The molecule has 0 radical (unpaired) electrons. The molecule has 1 aromatic rings. The first kappa shape index (κ1) is 11.8. The van der Waals surface area contributed by atoms with Crippen LogP contribution in [0.5, 0.6) is 0 Å². The van der Waals surface area contributed by atoms with Crippen LogP contribution in [0.25, 0.3) is 0 Å². The highest BCUT2D eigenvalue weighted by Gasteiger charge is 2.23. The van der Waals surface area contributed by atoms with Crippen molar-refractivity contribution >= 4 is 17.6 Å². The zero-order chi connectivity index (χ0) is 11.6. The maximum absolute atomic E-state index is 12.6. The summed E-state index contributed by atoms with van der Waals surface area (Å²) in [5.41, 5.74) is -0.455. The molecule has 0 unspecified atom stereocenters. The summed E-state index contributed by atoms with van der Waals surface area (Å²) in [5, 5.41) is -0.370. The van der Waals surface area contributed by atoms with Gasteiger partial charge in [0.2, 0.25) is 0 Å². The minimum absolute atomic E-state index is 0.245. The molecule has 0 fully saturated rings. The lowest BCUT2D eigenvalue weighted by atomic mass is 10.1. The molecular formula is C9H8ClF2NO2. The zero-order valence-corrected chi connectivity index (χ0v) is 8.81. The standard InChI is InChI=1S/C9H8ClF2NO2/c1-4-3-5(9(14)15-2)6(8(11)12)7(10)13-4/h3,8H,1-2H3. The molecule has 1 rings (SSSR count). The predicted molar refractivity (Wildman–Crippen MR) is 50.3 cm³/mol. The number of rotatable bonds is 2. The van der Waals surface area contributed by atoms with Crippen LogP contribution in [0.2, 0.25) is 5.15 Å². The van der Waals surface area contributed by atoms with Gasteiger partial charge in [0, 0.05) is 5.69 Å². The number of alkyl halides is 2. The van der Waals surface area contributed by atoms with Crippen molar-refractivity contribution in [2.75, 3.05) is 7.11 Å². The lowest BCUT2D eigenvalue weighted by Gasteiger charge is -2.09. The monoisotopic (exact) mass is 235 g/mol. The van der Waals surface area contributed by atoms with Gasteiger partial charge in [0.05, 0.1) is 18.2 Å². The van der Waals surface area contributed by atoms with Gasteiger partial charge in [0.1, 0.15) is 5.15 Å². The Balaban J connectivity index is 3.40. The number of carbonyl (C=O) groups is 1. The Morgan fingerprint density at radius 3 is 2.67 bits per heavy atom. The molecule has 0 saturated carbocycles. The Labute approximate surface area is 90.0 Å². The Morgan fingerprint density at radius 1 is 1.60 bits per heavy atom. The van der Waals surface area contributed by atoms with Crippen LogP contribution in [-0.4, -0.2) is 18.1 Å². The van der Waals surface area contributed by atoms with Crippen molar-refractivity contribution in [1.29, 1.82) is 0 Å². The average Bonchev–Trinajstić information content (AvgIpc) is 2.14. The normalized spacial score (nSPS) is 10.5. The molecule has 1 heterocycles. The van der Waals surface area contributed by atoms with E-state index in [4.69, 9.17) is 11.6 Å². The number of aryl methyl sites for hydroxylation is 1. The number of ether oxygens (including phenoxy) is 1. The summed E-state index contributed by atoms with van der Waals surface area (Å²) in [6.45, 7) is 1.55. The van der Waals surface area contributed by atoms with Crippen LogP contribution in [0.4, 0.5) is 8.78 Å². The number of pyridine rings is 1. The topological polar surface area (TPSA) is 39.2 Å². The lowest BCUT2D eigenvalue weighted by molar-refractivity contribution is 0.0589. The molecule has 0 spiro atoms. The van der Waals surface area contributed by atoms with E-state index in [9.17, 15) is 13.6 Å². The van der Waals surface area contributed by atoms with Crippen molar-refractivity contribution in [3.63, 3.8) is 0 Å². The molecule has 0 N–H and O–H groups in total. The minimum atomic E-state index is -2.86. The zero-order valence-electron chi connectivity index (χ0n) is 8.05. The predicted octanol–water partition coefficient (Wildman–Crippen LogP) is 2.77. The molecule has 0 aliphatic carbocycles. The summed E-state index contributed by atoms with van der Waals surface area (Å²) >= 11 is 5.53. The van der Waals surface area contributed by atoms with Crippen molar-refractivity contribution in [2.24, 2.45) is 0 Å². The first-order valence-electron chi connectivity index (χ1n) is 4.01. The van der Waals surface area contributed by atoms with Gasteiger partial charge in [0.15, 0.2) is 0 Å². The molecule has 0 amide bonds. The molecule has 3 nitrogen and oxygen atoms in total. The molecule has 82 valence electrons. The van der Waals surface area contributed by atoms with E-state index in [1.807, 2.05) is 0 Å². The van der Waals surface area contributed by atoms with E-state index in [-0.39, 0.29) is 10.7 Å². The number of esters is 1. The number of methoxy groups -OCH3 is 1. The van der Waals surface area contributed by atoms with Crippen LogP contribution < -0.4 is 0 Å². The molecule has 0 saturated heterocycles. The van der Waals surface area contributed by atoms with Gasteiger partial charge in [-0.1, -0.05) is 11.6 Å². The van der Waals surface area contributed by atoms with E-state index in [0.29, 0.717) is 5.69 Å². The third-order valence-corrected chi connectivity index (χ3v) is 2.05. The van der Waals surface area contributed by atoms with Gasteiger partial charge >= 0.3 is 5.97 Å². The number of carbonyl (C=O) groups excluding carboxylic acids is 1. The number of halogens is 3. The first-order chi connectivity index (χ1) is 6.97. The Bertz CT molecular complexity index is 396. The molecule has 0 aliphatic rings. The number of hydrogen-bond donors (Lipinski definition) is 0. The maximum atomic E-state index is 12.6. The first-order valence-corrected chi connectivity index (χ1v) is 4.38. The van der Waals surface area contributed by atoms with E-state index in [2.05, 4.69) is 9.72 Å². The SMILES string of the molecule is COC(=O)c1cc(C)nc(Cl)c1C(F)F. The van der Waals surface area contributed by atoms with E-state index in [1.165, 1.54) is 6.07 Å². The van der Waals surface area contributed by atoms with Gasteiger partial charge in [-0.3, -0.25) is 0 Å². The number of nitrogens with zero attached hydrogens (tertiary/aromatic N) is 1. The summed E-state index contributed by atoms with van der Waals surface area (Å²) in [7, 11) is 1.11. The molecule has 1 aromatic heterocycles. The summed E-state index contributed by atoms with van der Waals surface area (Å²) < 4.78 is 29.5. The second-order valence-electron chi connectivity index (χ2n) is 2.81. The average molecular weight is 236 g/mol. The summed E-state index contributed by atoms with van der Waals surface area (Å²) in [6.07, 6.45) is -2.86. The van der Waals surface area contributed by atoms with Crippen molar-refractivity contribution < 1.29 is 18.3 Å². The smallest absolute Gasteiger partial charge is 0.338 e. The highest BCUT2D eigenvalue weighted by molar-refractivity contribution is 6.30. The molecule has 0 bridgehead atoms. The fourth-order valence-corrected chi connectivity index (χ4v) is 1.45. The fraction of sp³-hybridized carbons (Fsp3) is 0.333. The van der Waals surface area contributed by atoms with Crippen molar-refractivity contribution in [1.82, 2.24) is 4.98 Å². The van der Waals surface area contributed by atoms with Gasteiger partial charge in [-0.25, -0.2) is 18.6 Å². The van der Waals surface area contributed by atoms with E-state index in [1.54, 1.807) is 6.92 Å². The largest absolute Gasteiger partial charge is 0.465 e. The van der Waals surface area contributed by atoms with E-state index in [0.717, 1.165) is 7.11 Å². The van der Waals surface area contributed by atoms with Crippen LogP contribution in [0.1, 0.15) is 28.0 Å². The van der Waals surface area contributed by atoms with Crippen LogP contribution in [0.3, 0.4) is 0 Å². The minimum Gasteiger partial charge on any atom is -0.465 e. The van der Waals surface area contributed by atoms with Crippen LogP contribution in [0, 0.1) is 6.92 Å². The second kappa shape index (κ2) is 4.53. The quantitative estimate of drug-likeness (QED) is 0.585. The molecule has 0 atom stereocenters. The van der Waals surface area contributed by atoms with Crippen molar-refractivity contribution in [3.05, 3.63) is 28.0 Å².